The molecule has 0 amide bonds. The van der Waals surface area contributed by atoms with Crippen molar-refractivity contribution in [2.75, 3.05) is 0 Å². The molecule has 21 heavy (non-hydrogen) atoms. The lowest BCUT2D eigenvalue weighted by molar-refractivity contribution is -0.189. The van der Waals surface area contributed by atoms with Crippen LogP contribution in [-0.4, -0.2) is 23.1 Å². The van der Waals surface area contributed by atoms with Crippen molar-refractivity contribution in [2.45, 2.75) is 79.8 Å². The number of ether oxygens (including phenoxy) is 1. The van der Waals surface area contributed by atoms with Crippen molar-refractivity contribution < 1.29 is 19.4 Å². The number of carboxylic acids is 1. The summed E-state index contributed by atoms with van der Waals surface area (Å²) in [6.45, 7) is 11.6. The second kappa shape index (κ2) is 5.98. The Bertz CT molecular complexity index is 411. The fourth-order valence-electron chi connectivity index (χ4n) is 3.48. The molecular formula is C17H30O4. The molecular weight excluding hydrogens is 268 g/mol. The Kier molecular flexibility index (Phi) is 5.12. The summed E-state index contributed by atoms with van der Waals surface area (Å²) >= 11 is 0. The van der Waals surface area contributed by atoms with Gasteiger partial charge in [0.15, 0.2) is 0 Å². The molecule has 1 saturated carbocycles. The minimum absolute atomic E-state index is 0.0450. The third kappa shape index (κ3) is 3.24. The molecule has 1 aliphatic carbocycles. The SMILES string of the molecule is CCC(CC)OC(=O)C1(C)CC(C)(C)CCC1(C)C(=O)O. The molecule has 4 nitrogen and oxygen atoms in total. The van der Waals surface area contributed by atoms with Crippen LogP contribution in [0.5, 0.6) is 0 Å². The van der Waals surface area contributed by atoms with Crippen molar-refractivity contribution in [3.05, 3.63) is 0 Å². The molecule has 0 heterocycles. The van der Waals surface area contributed by atoms with Gasteiger partial charge in [0, 0.05) is 0 Å². The van der Waals surface area contributed by atoms with Crippen molar-refractivity contribution in [1.82, 2.24) is 0 Å². The number of rotatable bonds is 5. The van der Waals surface area contributed by atoms with E-state index in [1.54, 1.807) is 13.8 Å². The van der Waals surface area contributed by atoms with Crippen LogP contribution in [0.1, 0.15) is 73.6 Å². The van der Waals surface area contributed by atoms with E-state index in [9.17, 15) is 14.7 Å². The second-order valence-corrected chi connectivity index (χ2v) is 7.65. The molecule has 1 N–H and O–H groups in total. The number of hydrogen-bond acceptors (Lipinski definition) is 3. The van der Waals surface area contributed by atoms with Gasteiger partial charge in [0.2, 0.25) is 0 Å². The molecule has 0 spiro atoms. The van der Waals surface area contributed by atoms with Gasteiger partial charge in [0.25, 0.3) is 0 Å². The molecule has 0 aromatic carbocycles. The Morgan fingerprint density at radius 3 is 2.00 bits per heavy atom. The number of aliphatic carboxylic acids is 1. The first-order valence-electron chi connectivity index (χ1n) is 7.97. The quantitative estimate of drug-likeness (QED) is 0.778. The molecule has 0 aliphatic heterocycles. The zero-order valence-electron chi connectivity index (χ0n) is 14.3. The number of hydrogen-bond donors (Lipinski definition) is 1. The highest BCUT2D eigenvalue weighted by Crippen LogP contribution is 2.57. The van der Waals surface area contributed by atoms with Gasteiger partial charge in [-0.1, -0.05) is 27.7 Å². The lowest BCUT2D eigenvalue weighted by Gasteiger charge is -2.51. The predicted octanol–water partition coefficient (Wildman–Crippen LogP) is 4.03. The van der Waals surface area contributed by atoms with E-state index in [0.717, 1.165) is 19.3 Å². The average Bonchev–Trinajstić information content (AvgIpc) is 2.39. The molecule has 122 valence electrons. The zero-order valence-corrected chi connectivity index (χ0v) is 14.3. The van der Waals surface area contributed by atoms with Gasteiger partial charge in [0.1, 0.15) is 6.10 Å². The van der Waals surface area contributed by atoms with Crippen molar-refractivity contribution >= 4 is 11.9 Å². The first kappa shape index (κ1) is 18.0. The van der Waals surface area contributed by atoms with E-state index in [-0.39, 0.29) is 17.5 Å². The third-order valence-corrected chi connectivity index (χ3v) is 5.46. The van der Waals surface area contributed by atoms with Gasteiger partial charge in [-0.2, -0.15) is 0 Å². The lowest BCUT2D eigenvalue weighted by Crippen LogP contribution is -2.55. The molecule has 1 aliphatic rings. The van der Waals surface area contributed by atoms with Crippen LogP contribution in [0.2, 0.25) is 0 Å². The van der Waals surface area contributed by atoms with Crippen LogP contribution in [0.25, 0.3) is 0 Å². The Balaban J connectivity index is 3.14. The van der Waals surface area contributed by atoms with Crippen LogP contribution >= 0.6 is 0 Å². The normalized spacial score (nSPS) is 32.0. The Labute approximate surface area is 128 Å². The van der Waals surface area contributed by atoms with Crippen LogP contribution in [0, 0.1) is 16.2 Å². The molecule has 0 aromatic rings. The van der Waals surface area contributed by atoms with E-state index in [0.29, 0.717) is 12.8 Å². The van der Waals surface area contributed by atoms with Gasteiger partial charge < -0.3 is 9.84 Å². The highest BCUT2D eigenvalue weighted by atomic mass is 16.5. The highest BCUT2D eigenvalue weighted by molar-refractivity contribution is 5.87. The molecule has 0 radical (unpaired) electrons. The third-order valence-electron chi connectivity index (χ3n) is 5.46. The fourth-order valence-corrected chi connectivity index (χ4v) is 3.48. The van der Waals surface area contributed by atoms with Gasteiger partial charge in [-0.25, -0.2) is 0 Å². The first-order valence-corrected chi connectivity index (χ1v) is 7.97. The lowest BCUT2D eigenvalue weighted by atomic mass is 9.52. The molecule has 2 atom stereocenters. The molecule has 2 unspecified atom stereocenters. The summed E-state index contributed by atoms with van der Waals surface area (Å²) in [6, 6.07) is 0. The van der Waals surface area contributed by atoms with Crippen molar-refractivity contribution in [1.29, 1.82) is 0 Å². The largest absolute Gasteiger partial charge is 0.481 e. The average molecular weight is 298 g/mol. The second-order valence-electron chi connectivity index (χ2n) is 7.65. The summed E-state index contributed by atoms with van der Waals surface area (Å²) < 4.78 is 5.63. The number of carbonyl (C=O) groups is 2. The maximum atomic E-state index is 12.8. The van der Waals surface area contributed by atoms with Crippen LogP contribution in [0.3, 0.4) is 0 Å². The maximum Gasteiger partial charge on any atom is 0.313 e. The van der Waals surface area contributed by atoms with Crippen molar-refractivity contribution in [2.24, 2.45) is 16.2 Å². The van der Waals surface area contributed by atoms with E-state index in [2.05, 4.69) is 13.8 Å². The van der Waals surface area contributed by atoms with Gasteiger partial charge in [0.05, 0.1) is 10.8 Å². The smallest absolute Gasteiger partial charge is 0.313 e. The van der Waals surface area contributed by atoms with E-state index in [1.165, 1.54) is 0 Å². The first-order chi connectivity index (χ1) is 9.52. The van der Waals surface area contributed by atoms with Gasteiger partial charge in [-0.05, 0) is 51.4 Å². The molecule has 0 bridgehead atoms. The number of esters is 1. The van der Waals surface area contributed by atoms with Gasteiger partial charge in [-0.15, -0.1) is 0 Å². The van der Waals surface area contributed by atoms with Crippen LogP contribution < -0.4 is 0 Å². The maximum absolute atomic E-state index is 12.8. The summed E-state index contributed by atoms with van der Waals surface area (Å²) in [6.07, 6.45) is 3.24. The van der Waals surface area contributed by atoms with Crippen LogP contribution in [-0.2, 0) is 14.3 Å². The summed E-state index contributed by atoms with van der Waals surface area (Å²) in [4.78, 5) is 24.6. The van der Waals surface area contributed by atoms with Gasteiger partial charge >= 0.3 is 11.9 Å². The monoisotopic (exact) mass is 298 g/mol. The van der Waals surface area contributed by atoms with E-state index in [4.69, 9.17) is 4.74 Å². The van der Waals surface area contributed by atoms with Gasteiger partial charge in [-0.3, -0.25) is 9.59 Å². The molecule has 1 rings (SSSR count). The minimum atomic E-state index is -1.06. The highest BCUT2D eigenvalue weighted by Gasteiger charge is 2.60. The predicted molar refractivity (Wildman–Crippen MR) is 81.9 cm³/mol. The zero-order chi connectivity index (χ0) is 16.5. The van der Waals surface area contributed by atoms with Crippen molar-refractivity contribution in [3.63, 3.8) is 0 Å². The van der Waals surface area contributed by atoms with E-state index in [1.807, 2.05) is 13.8 Å². The number of carboxylic acid groups (broad SMARTS) is 1. The Morgan fingerprint density at radius 2 is 1.57 bits per heavy atom. The molecule has 1 fully saturated rings. The van der Waals surface area contributed by atoms with Crippen LogP contribution in [0.15, 0.2) is 0 Å². The number of carbonyl (C=O) groups excluding carboxylic acids is 1. The minimum Gasteiger partial charge on any atom is -0.481 e. The Morgan fingerprint density at radius 1 is 1.05 bits per heavy atom. The standard InChI is InChI=1S/C17H30O4/c1-7-12(8-2)21-14(20)17(6)11-15(3,4)9-10-16(17,5)13(18)19/h12H,7-11H2,1-6H3,(H,18,19). The van der Waals surface area contributed by atoms with Crippen LogP contribution in [0.4, 0.5) is 0 Å². The topological polar surface area (TPSA) is 63.6 Å². The molecule has 0 aromatic heterocycles. The van der Waals surface area contributed by atoms with E-state index < -0.39 is 16.8 Å². The molecule has 0 saturated heterocycles. The summed E-state index contributed by atoms with van der Waals surface area (Å²) in [5, 5.41) is 9.69. The van der Waals surface area contributed by atoms with Crippen molar-refractivity contribution in [3.8, 4) is 0 Å². The molecule has 4 heteroatoms. The van der Waals surface area contributed by atoms with E-state index >= 15 is 0 Å². The summed E-state index contributed by atoms with van der Waals surface area (Å²) in [5.74, 6) is -1.25. The summed E-state index contributed by atoms with van der Waals surface area (Å²) in [7, 11) is 0. The Hall–Kier alpha value is -1.06. The summed E-state index contributed by atoms with van der Waals surface area (Å²) in [5.41, 5.74) is -2.09. The fraction of sp³-hybridized carbons (Fsp3) is 0.882.